The van der Waals surface area contributed by atoms with Crippen molar-refractivity contribution in [3.63, 3.8) is 0 Å². The Bertz CT molecular complexity index is 1250. The van der Waals surface area contributed by atoms with E-state index >= 15 is 0 Å². The quantitative estimate of drug-likeness (QED) is 0.403. The molecule has 0 radical (unpaired) electrons. The van der Waals surface area contributed by atoms with Crippen LogP contribution in [0.5, 0.6) is 17.2 Å². The lowest BCUT2D eigenvalue weighted by atomic mass is 10.1. The van der Waals surface area contributed by atoms with E-state index in [1.807, 2.05) is 80.9 Å². The first-order valence-corrected chi connectivity index (χ1v) is 10.6. The molecule has 2 heterocycles. The number of nitrogens with one attached hydrogen (secondary N) is 1. The van der Waals surface area contributed by atoms with Gasteiger partial charge in [-0.1, -0.05) is 12.1 Å². The van der Waals surface area contributed by atoms with E-state index in [2.05, 4.69) is 15.4 Å². The van der Waals surface area contributed by atoms with Gasteiger partial charge in [0.1, 0.15) is 11.5 Å². The van der Waals surface area contributed by atoms with Crippen LogP contribution in [0.4, 0.5) is 5.69 Å². The third-order valence-electron chi connectivity index (χ3n) is 4.99. The predicted octanol–water partition coefficient (Wildman–Crippen LogP) is 5.76. The number of fused-ring (bicyclic) bond motifs is 1. The second kappa shape index (κ2) is 9.09. The van der Waals surface area contributed by atoms with Crippen molar-refractivity contribution in [1.29, 1.82) is 0 Å². The molecule has 0 aliphatic rings. The van der Waals surface area contributed by atoms with Crippen molar-refractivity contribution in [2.45, 2.75) is 33.7 Å². The van der Waals surface area contributed by atoms with Crippen LogP contribution < -0.4 is 14.8 Å². The van der Waals surface area contributed by atoms with Crippen molar-refractivity contribution < 1.29 is 14.3 Å². The smallest absolute Gasteiger partial charge is 0.257 e. The molecule has 0 saturated carbocycles. The summed E-state index contributed by atoms with van der Waals surface area (Å²) in [5.41, 5.74) is 2.48. The fourth-order valence-corrected chi connectivity index (χ4v) is 3.42. The Morgan fingerprint density at radius 3 is 2.53 bits per heavy atom. The Morgan fingerprint density at radius 1 is 1.09 bits per heavy atom. The molecule has 4 rings (SSSR count). The maximum Gasteiger partial charge on any atom is 0.257 e. The van der Waals surface area contributed by atoms with Crippen LogP contribution in [0.15, 0.2) is 60.8 Å². The lowest BCUT2D eigenvalue weighted by Crippen LogP contribution is -2.15. The Kier molecular flexibility index (Phi) is 6.07. The van der Waals surface area contributed by atoms with Gasteiger partial charge in [0.15, 0.2) is 11.4 Å². The average molecular weight is 431 g/mol. The molecule has 4 aromatic rings. The number of hydrogen-bond acceptors (Lipinski definition) is 5. The summed E-state index contributed by atoms with van der Waals surface area (Å²) in [4.78, 5) is 17.7. The number of pyridine rings is 1. The normalized spacial score (nSPS) is 11.0. The van der Waals surface area contributed by atoms with Gasteiger partial charge in [-0.25, -0.2) is 9.67 Å². The molecule has 0 aliphatic carbocycles. The highest BCUT2D eigenvalue weighted by Crippen LogP contribution is 2.31. The van der Waals surface area contributed by atoms with Crippen LogP contribution >= 0.6 is 0 Å². The number of carbonyl (C=O) groups excluding carboxylic acids is 1. The van der Waals surface area contributed by atoms with E-state index in [4.69, 9.17) is 9.47 Å². The topological polar surface area (TPSA) is 78.3 Å². The lowest BCUT2D eigenvalue weighted by Gasteiger charge is -2.14. The van der Waals surface area contributed by atoms with Crippen LogP contribution in [0.1, 0.15) is 42.9 Å². The second-order valence-electron chi connectivity index (χ2n) is 7.67. The van der Waals surface area contributed by atoms with E-state index in [0.29, 0.717) is 35.1 Å². The summed E-state index contributed by atoms with van der Waals surface area (Å²) < 4.78 is 13.3. The van der Waals surface area contributed by atoms with E-state index in [1.165, 1.54) is 0 Å². The minimum absolute atomic E-state index is 0.186. The first-order chi connectivity index (χ1) is 15.5. The third-order valence-corrected chi connectivity index (χ3v) is 4.99. The third kappa shape index (κ3) is 4.42. The highest BCUT2D eigenvalue weighted by atomic mass is 16.5. The maximum atomic E-state index is 13.1. The molecule has 0 saturated heterocycles. The molecule has 1 amide bonds. The van der Waals surface area contributed by atoms with Crippen molar-refractivity contribution in [3.05, 3.63) is 72.1 Å². The Morgan fingerprint density at radius 2 is 1.81 bits per heavy atom. The fourth-order valence-electron chi connectivity index (χ4n) is 3.42. The zero-order valence-electron chi connectivity index (χ0n) is 18.6. The van der Waals surface area contributed by atoms with Crippen molar-refractivity contribution in [2.24, 2.45) is 0 Å². The van der Waals surface area contributed by atoms with Gasteiger partial charge in [-0.15, -0.1) is 0 Å². The lowest BCUT2D eigenvalue weighted by molar-refractivity contribution is 0.102. The molecule has 2 aromatic carbocycles. The van der Waals surface area contributed by atoms with Crippen LogP contribution in [-0.4, -0.2) is 27.3 Å². The molecule has 164 valence electrons. The van der Waals surface area contributed by atoms with Gasteiger partial charge in [-0.05, 0) is 70.2 Å². The van der Waals surface area contributed by atoms with Gasteiger partial charge >= 0.3 is 0 Å². The standard InChI is InChI=1S/C25H26N4O3/c1-5-31-19-10-12-20(13-11-19)32-23-9-7-6-8-22(23)28-25(30)21-14-18-15-26-29(16(2)3)24(18)27-17(21)4/h6-16H,5H2,1-4H3,(H,28,30). The molecule has 0 aliphatic heterocycles. The van der Waals surface area contributed by atoms with E-state index in [9.17, 15) is 4.79 Å². The van der Waals surface area contributed by atoms with E-state index in [1.54, 1.807) is 12.3 Å². The van der Waals surface area contributed by atoms with Crippen LogP contribution in [0.2, 0.25) is 0 Å². The number of carbonyl (C=O) groups is 1. The van der Waals surface area contributed by atoms with Crippen LogP contribution in [-0.2, 0) is 0 Å². The number of para-hydroxylation sites is 2. The summed E-state index contributed by atoms with van der Waals surface area (Å²) in [6.45, 7) is 8.47. The zero-order valence-corrected chi connectivity index (χ0v) is 18.6. The molecule has 1 N–H and O–H groups in total. The number of nitrogens with zero attached hydrogens (tertiary/aromatic N) is 3. The first kappa shape index (κ1) is 21.4. The average Bonchev–Trinajstić information content (AvgIpc) is 3.19. The van der Waals surface area contributed by atoms with Crippen molar-refractivity contribution in [1.82, 2.24) is 14.8 Å². The number of aromatic nitrogens is 3. The van der Waals surface area contributed by atoms with E-state index in [0.717, 1.165) is 16.8 Å². The predicted molar refractivity (Wildman–Crippen MR) is 125 cm³/mol. The minimum atomic E-state index is -0.253. The molecular weight excluding hydrogens is 404 g/mol. The number of benzene rings is 2. The molecule has 0 atom stereocenters. The number of hydrogen-bond donors (Lipinski definition) is 1. The molecule has 7 nitrogen and oxygen atoms in total. The van der Waals surface area contributed by atoms with Crippen LogP contribution in [0, 0.1) is 6.92 Å². The van der Waals surface area contributed by atoms with Gasteiger partial charge in [0.05, 0.1) is 29.7 Å². The number of amides is 1. The van der Waals surface area contributed by atoms with Gasteiger partial charge in [0.2, 0.25) is 0 Å². The molecule has 7 heteroatoms. The summed E-state index contributed by atoms with van der Waals surface area (Å²) in [5.74, 6) is 1.72. The highest BCUT2D eigenvalue weighted by Gasteiger charge is 2.17. The molecular formula is C25H26N4O3. The summed E-state index contributed by atoms with van der Waals surface area (Å²) in [5, 5.41) is 8.18. The summed E-state index contributed by atoms with van der Waals surface area (Å²) in [7, 11) is 0. The van der Waals surface area contributed by atoms with Gasteiger partial charge in [0.25, 0.3) is 5.91 Å². The largest absolute Gasteiger partial charge is 0.494 e. The summed E-state index contributed by atoms with van der Waals surface area (Å²) in [6, 6.07) is 16.7. The second-order valence-corrected chi connectivity index (χ2v) is 7.67. The zero-order chi connectivity index (χ0) is 22.7. The number of rotatable bonds is 7. The van der Waals surface area contributed by atoms with Crippen molar-refractivity contribution in [3.8, 4) is 17.2 Å². The van der Waals surface area contributed by atoms with Gasteiger partial charge < -0.3 is 14.8 Å². The minimum Gasteiger partial charge on any atom is -0.494 e. The SMILES string of the molecule is CCOc1ccc(Oc2ccccc2NC(=O)c2cc3cnn(C(C)C)c3nc2C)cc1. The fraction of sp³-hybridized carbons (Fsp3) is 0.240. The maximum absolute atomic E-state index is 13.1. The van der Waals surface area contributed by atoms with Crippen molar-refractivity contribution >= 4 is 22.6 Å². The van der Waals surface area contributed by atoms with Crippen LogP contribution in [0.25, 0.3) is 11.0 Å². The monoisotopic (exact) mass is 430 g/mol. The Hall–Kier alpha value is -3.87. The van der Waals surface area contributed by atoms with E-state index < -0.39 is 0 Å². The van der Waals surface area contributed by atoms with E-state index in [-0.39, 0.29) is 11.9 Å². The Labute approximate surface area is 187 Å². The van der Waals surface area contributed by atoms with Gasteiger partial charge in [-0.2, -0.15) is 5.10 Å². The number of ether oxygens (including phenoxy) is 2. The van der Waals surface area contributed by atoms with Crippen molar-refractivity contribution in [2.75, 3.05) is 11.9 Å². The molecule has 0 bridgehead atoms. The molecule has 32 heavy (non-hydrogen) atoms. The molecule has 2 aromatic heterocycles. The number of aryl methyl sites for hydroxylation is 1. The summed E-state index contributed by atoms with van der Waals surface area (Å²) in [6.07, 6.45) is 1.74. The van der Waals surface area contributed by atoms with Gasteiger partial charge in [-0.3, -0.25) is 4.79 Å². The van der Waals surface area contributed by atoms with Gasteiger partial charge in [0, 0.05) is 11.4 Å². The molecule has 0 spiro atoms. The molecule has 0 fully saturated rings. The summed E-state index contributed by atoms with van der Waals surface area (Å²) >= 11 is 0. The Balaban J connectivity index is 1.57. The first-order valence-electron chi connectivity index (χ1n) is 10.6. The molecule has 0 unspecified atom stereocenters. The van der Waals surface area contributed by atoms with Crippen LogP contribution in [0.3, 0.4) is 0 Å². The number of anilines is 1. The highest BCUT2D eigenvalue weighted by molar-refractivity contribution is 6.07.